The Hall–Kier alpha value is -2.34. The van der Waals surface area contributed by atoms with Crippen molar-refractivity contribution >= 4 is 12.1 Å². The van der Waals surface area contributed by atoms with Crippen molar-refractivity contribution < 1.29 is 24.2 Å². The van der Waals surface area contributed by atoms with Crippen molar-refractivity contribution in [3.8, 4) is 0 Å². The summed E-state index contributed by atoms with van der Waals surface area (Å²) in [5, 5.41) is 12.3. The zero-order valence-electron chi connectivity index (χ0n) is 13.6. The van der Waals surface area contributed by atoms with Crippen LogP contribution in [-0.2, 0) is 20.9 Å². The molecular formula is C17H23NO5. The maximum Gasteiger partial charge on any atom is 0.408 e. The topological polar surface area (TPSA) is 84.9 Å². The summed E-state index contributed by atoms with van der Waals surface area (Å²) in [5.41, 5.74) is -0.233. The number of methoxy groups -OCH3 is 1. The molecule has 0 heterocycles. The van der Waals surface area contributed by atoms with E-state index >= 15 is 0 Å². The molecule has 1 rings (SSSR count). The fourth-order valence-corrected chi connectivity index (χ4v) is 1.63. The average molecular weight is 321 g/mol. The highest BCUT2D eigenvalue weighted by atomic mass is 16.6. The lowest BCUT2D eigenvalue weighted by Gasteiger charge is -2.18. The third-order valence-electron chi connectivity index (χ3n) is 3.30. The Kier molecular flexibility index (Phi) is 7.28. The van der Waals surface area contributed by atoms with Gasteiger partial charge in [-0.1, -0.05) is 49.4 Å². The van der Waals surface area contributed by atoms with Gasteiger partial charge in [0, 0.05) is 0 Å². The van der Waals surface area contributed by atoms with Crippen molar-refractivity contribution in [2.75, 3.05) is 7.11 Å². The third-order valence-corrected chi connectivity index (χ3v) is 3.30. The van der Waals surface area contributed by atoms with Gasteiger partial charge in [0.05, 0.1) is 12.7 Å². The molecule has 0 aromatic heterocycles. The first-order valence-electron chi connectivity index (χ1n) is 7.34. The number of amides is 1. The monoisotopic (exact) mass is 321 g/mol. The van der Waals surface area contributed by atoms with Crippen LogP contribution < -0.4 is 5.32 Å². The van der Waals surface area contributed by atoms with Gasteiger partial charge in [0.25, 0.3) is 0 Å². The molecule has 23 heavy (non-hydrogen) atoms. The van der Waals surface area contributed by atoms with Gasteiger partial charge in [-0.2, -0.15) is 0 Å². The molecule has 2 unspecified atom stereocenters. The zero-order valence-corrected chi connectivity index (χ0v) is 13.6. The average Bonchev–Trinajstić information content (AvgIpc) is 2.57. The molecule has 126 valence electrons. The summed E-state index contributed by atoms with van der Waals surface area (Å²) < 4.78 is 9.69. The lowest BCUT2D eigenvalue weighted by atomic mass is 10.0. The van der Waals surface area contributed by atoms with E-state index in [2.05, 4.69) is 10.1 Å². The number of esters is 1. The number of carbonyl (C=O) groups excluding carboxylic acids is 2. The quantitative estimate of drug-likeness (QED) is 0.594. The van der Waals surface area contributed by atoms with Crippen LogP contribution in [0, 0.1) is 0 Å². The molecule has 1 amide bonds. The summed E-state index contributed by atoms with van der Waals surface area (Å²) >= 11 is 0. The number of carbonyl (C=O) groups is 2. The van der Waals surface area contributed by atoms with Gasteiger partial charge in [-0.3, -0.25) is 0 Å². The maximum absolute atomic E-state index is 11.8. The molecule has 1 aromatic rings. The van der Waals surface area contributed by atoms with Crippen molar-refractivity contribution in [1.82, 2.24) is 5.32 Å². The number of ether oxygens (including phenoxy) is 2. The maximum atomic E-state index is 11.8. The van der Waals surface area contributed by atoms with Gasteiger partial charge in [-0.15, -0.1) is 0 Å². The molecule has 0 radical (unpaired) electrons. The van der Waals surface area contributed by atoms with Crippen LogP contribution in [-0.4, -0.2) is 35.9 Å². The van der Waals surface area contributed by atoms with E-state index in [0.29, 0.717) is 6.42 Å². The molecule has 0 fully saturated rings. The SMILES string of the molecule is CCC(C)(O)C=CC(NC(=O)OCc1ccccc1)C(=O)OC. The Balaban J connectivity index is 2.62. The fourth-order valence-electron chi connectivity index (χ4n) is 1.63. The number of alkyl carbamates (subject to hydrolysis) is 1. The molecule has 0 aliphatic rings. The second-order valence-corrected chi connectivity index (χ2v) is 5.28. The molecule has 6 nitrogen and oxygen atoms in total. The van der Waals surface area contributed by atoms with Crippen molar-refractivity contribution in [3.05, 3.63) is 48.0 Å². The Morgan fingerprint density at radius 1 is 1.35 bits per heavy atom. The third kappa shape index (κ3) is 6.97. The normalized spacial score (nSPS) is 14.8. The summed E-state index contributed by atoms with van der Waals surface area (Å²) in [6.07, 6.45) is 2.56. The van der Waals surface area contributed by atoms with Crippen LogP contribution in [0.3, 0.4) is 0 Å². The second kappa shape index (κ2) is 8.95. The van der Waals surface area contributed by atoms with Gasteiger partial charge in [-0.05, 0) is 18.9 Å². The molecule has 0 spiro atoms. The zero-order chi connectivity index (χ0) is 17.3. The van der Waals surface area contributed by atoms with E-state index in [1.165, 1.54) is 19.3 Å². The number of benzene rings is 1. The summed E-state index contributed by atoms with van der Waals surface area (Å²) in [6.45, 7) is 3.50. The molecule has 0 aliphatic heterocycles. The minimum Gasteiger partial charge on any atom is -0.467 e. The standard InChI is InChI=1S/C17H23NO5/c1-4-17(2,21)11-10-14(15(19)22-3)18-16(20)23-12-13-8-6-5-7-9-13/h5-11,14,21H,4,12H2,1-3H3,(H,18,20). The minimum atomic E-state index is -1.07. The summed E-state index contributed by atoms with van der Waals surface area (Å²) in [4.78, 5) is 23.5. The molecule has 0 aliphatic carbocycles. The molecule has 0 saturated heterocycles. The largest absolute Gasteiger partial charge is 0.467 e. The predicted molar refractivity (Wildman–Crippen MR) is 85.6 cm³/mol. The first kappa shape index (κ1) is 18.7. The van der Waals surface area contributed by atoms with Crippen LogP contribution >= 0.6 is 0 Å². The Morgan fingerprint density at radius 3 is 2.57 bits per heavy atom. The molecule has 2 N–H and O–H groups in total. The van der Waals surface area contributed by atoms with Gasteiger partial charge in [-0.25, -0.2) is 9.59 Å². The van der Waals surface area contributed by atoms with Gasteiger partial charge in [0.1, 0.15) is 12.6 Å². The molecule has 2 atom stereocenters. The van der Waals surface area contributed by atoms with Crippen LogP contribution in [0.1, 0.15) is 25.8 Å². The highest BCUT2D eigenvalue weighted by Crippen LogP contribution is 2.11. The lowest BCUT2D eigenvalue weighted by molar-refractivity contribution is -0.141. The molecular weight excluding hydrogens is 298 g/mol. The highest BCUT2D eigenvalue weighted by Gasteiger charge is 2.21. The number of rotatable bonds is 7. The smallest absolute Gasteiger partial charge is 0.408 e. The molecule has 0 bridgehead atoms. The van der Waals surface area contributed by atoms with E-state index in [-0.39, 0.29) is 6.61 Å². The van der Waals surface area contributed by atoms with Crippen LogP contribution in [0.15, 0.2) is 42.5 Å². The number of hydrogen-bond donors (Lipinski definition) is 2. The van der Waals surface area contributed by atoms with Crippen LogP contribution in [0.5, 0.6) is 0 Å². The van der Waals surface area contributed by atoms with Crippen molar-refractivity contribution in [1.29, 1.82) is 0 Å². The summed E-state index contributed by atoms with van der Waals surface area (Å²) in [7, 11) is 1.22. The fraction of sp³-hybridized carbons (Fsp3) is 0.412. The van der Waals surface area contributed by atoms with E-state index in [4.69, 9.17) is 4.74 Å². The first-order chi connectivity index (χ1) is 10.9. The van der Waals surface area contributed by atoms with E-state index in [0.717, 1.165) is 5.56 Å². The highest BCUT2D eigenvalue weighted by molar-refractivity contribution is 5.83. The Labute approximate surface area is 136 Å². The predicted octanol–water partition coefficient (Wildman–Crippen LogP) is 2.17. The number of aliphatic hydroxyl groups is 1. The van der Waals surface area contributed by atoms with Gasteiger partial charge in [0.2, 0.25) is 0 Å². The summed E-state index contributed by atoms with van der Waals surface area (Å²) in [5.74, 6) is -0.648. The van der Waals surface area contributed by atoms with Gasteiger partial charge in [0.15, 0.2) is 0 Å². The molecule has 0 saturated carbocycles. The van der Waals surface area contributed by atoms with E-state index in [9.17, 15) is 14.7 Å². The van der Waals surface area contributed by atoms with Crippen LogP contribution in [0.2, 0.25) is 0 Å². The molecule has 6 heteroatoms. The number of nitrogens with one attached hydrogen (secondary N) is 1. The van der Waals surface area contributed by atoms with Gasteiger partial charge >= 0.3 is 12.1 Å². The van der Waals surface area contributed by atoms with Crippen molar-refractivity contribution in [3.63, 3.8) is 0 Å². The Bertz CT molecular complexity index is 539. The van der Waals surface area contributed by atoms with E-state index in [1.54, 1.807) is 13.8 Å². The minimum absolute atomic E-state index is 0.0942. The summed E-state index contributed by atoms with van der Waals surface area (Å²) in [6, 6.07) is 8.15. The second-order valence-electron chi connectivity index (χ2n) is 5.28. The number of hydrogen-bond acceptors (Lipinski definition) is 5. The van der Waals surface area contributed by atoms with E-state index in [1.807, 2.05) is 30.3 Å². The van der Waals surface area contributed by atoms with Crippen LogP contribution in [0.4, 0.5) is 4.79 Å². The first-order valence-corrected chi connectivity index (χ1v) is 7.34. The van der Waals surface area contributed by atoms with Crippen molar-refractivity contribution in [2.45, 2.75) is 38.5 Å². The van der Waals surface area contributed by atoms with Crippen LogP contribution in [0.25, 0.3) is 0 Å². The lowest BCUT2D eigenvalue weighted by Crippen LogP contribution is -2.40. The van der Waals surface area contributed by atoms with Gasteiger partial charge < -0.3 is 19.9 Å². The van der Waals surface area contributed by atoms with E-state index < -0.39 is 23.7 Å². The molecule has 1 aromatic carbocycles. The van der Waals surface area contributed by atoms with Crippen molar-refractivity contribution in [2.24, 2.45) is 0 Å². The Morgan fingerprint density at radius 2 is 2.00 bits per heavy atom.